The number of nitrogens with two attached hydrogens (primary N) is 1. The second-order valence-corrected chi connectivity index (χ2v) is 5.85. The van der Waals surface area contributed by atoms with Crippen LogP contribution in [0.4, 0.5) is 0 Å². The van der Waals surface area contributed by atoms with E-state index in [1.165, 1.54) is 6.42 Å². The van der Waals surface area contributed by atoms with Crippen LogP contribution in [0.25, 0.3) is 11.3 Å². The molecule has 1 heterocycles. The Morgan fingerprint density at radius 2 is 2.05 bits per heavy atom. The van der Waals surface area contributed by atoms with E-state index in [-0.39, 0.29) is 5.60 Å². The lowest BCUT2D eigenvalue weighted by Gasteiger charge is -2.38. The first-order valence-electron chi connectivity index (χ1n) is 6.58. The number of nitrogens with zero attached hydrogens (tertiary/aromatic N) is 1. The average Bonchev–Trinajstić information content (AvgIpc) is 2.88. The van der Waals surface area contributed by atoms with Crippen molar-refractivity contribution in [3.8, 4) is 11.3 Å². The number of ether oxygens (including phenoxy) is 1. The number of rotatable bonds is 4. The highest BCUT2D eigenvalue weighted by molar-refractivity contribution is 7.10. The highest BCUT2D eigenvalue weighted by Crippen LogP contribution is 2.46. The maximum Gasteiger partial charge on any atom is 0.125 e. The van der Waals surface area contributed by atoms with Gasteiger partial charge in [0.05, 0.1) is 5.69 Å². The summed E-state index contributed by atoms with van der Waals surface area (Å²) in [6, 6.07) is 8.29. The fourth-order valence-electron chi connectivity index (χ4n) is 2.43. The van der Waals surface area contributed by atoms with Crippen molar-refractivity contribution in [2.75, 3.05) is 7.11 Å². The minimum absolute atomic E-state index is 0.111. The number of aromatic nitrogens is 1. The van der Waals surface area contributed by atoms with Crippen molar-refractivity contribution in [1.82, 2.24) is 4.98 Å². The Kier molecular flexibility index (Phi) is 3.39. The third-order valence-corrected chi connectivity index (χ3v) is 4.96. The van der Waals surface area contributed by atoms with Crippen LogP contribution in [-0.4, -0.2) is 12.1 Å². The van der Waals surface area contributed by atoms with Crippen LogP contribution in [0.5, 0.6) is 0 Å². The quantitative estimate of drug-likeness (QED) is 0.930. The molecule has 1 aliphatic rings. The fraction of sp³-hybridized carbons (Fsp3) is 0.400. The summed E-state index contributed by atoms with van der Waals surface area (Å²) in [6.45, 7) is 0.579. The van der Waals surface area contributed by atoms with Gasteiger partial charge in [-0.15, -0.1) is 11.3 Å². The maximum atomic E-state index is 5.68. The highest BCUT2D eigenvalue weighted by atomic mass is 32.1. The second-order valence-electron chi connectivity index (χ2n) is 4.99. The van der Waals surface area contributed by atoms with E-state index in [2.05, 4.69) is 29.6 Å². The van der Waals surface area contributed by atoms with Crippen LogP contribution in [-0.2, 0) is 16.9 Å². The van der Waals surface area contributed by atoms with E-state index in [1.807, 2.05) is 0 Å². The largest absolute Gasteiger partial charge is 0.371 e. The van der Waals surface area contributed by atoms with Crippen LogP contribution in [0.2, 0.25) is 0 Å². The predicted octanol–water partition coefficient (Wildman–Crippen LogP) is 3.29. The molecule has 100 valence electrons. The zero-order valence-electron chi connectivity index (χ0n) is 11.1. The lowest BCUT2D eigenvalue weighted by atomic mass is 9.80. The van der Waals surface area contributed by atoms with Gasteiger partial charge in [-0.2, -0.15) is 0 Å². The molecular formula is C15H18N2OS. The molecule has 0 unspecified atom stereocenters. The monoisotopic (exact) mass is 274 g/mol. The maximum absolute atomic E-state index is 5.68. The van der Waals surface area contributed by atoms with Crippen LogP contribution < -0.4 is 5.73 Å². The molecule has 0 aliphatic heterocycles. The van der Waals surface area contributed by atoms with Crippen LogP contribution >= 0.6 is 11.3 Å². The molecule has 0 radical (unpaired) electrons. The Morgan fingerprint density at radius 1 is 1.32 bits per heavy atom. The van der Waals surface area contributed by atoms with Crippen molar-refractivity contribution in [3.63, 3.8) is 0 Å². The molecule has 0 spiro atoms. The van der Waals surface area contributed by atoms with Gasteiger partial charge in [0.1, 0.15) is 10.6 Å². The second kappa shape index (κ2) is 5.04. The summed E-state index contributed by atoms with van der Waals surface area (Å²) in [4.78, 5) is 4.76. The van der Waals surface area contributed by atoms with Gasteiger partial charge in [0.15, 0.2) is 0 Å². The Bertz CT molecular complexity index is 552. The molecule has 0 amide bonds. The van der Waals surface area contributed by atoms with E-state index in [1.54, 1.807) is 18.4 Å². The SMILES string of the molecule is COC1(c2nc(-c3ccc(CN)cc3)cs2)CCC1. The third-order valence-electron chi connectivity index (χ3n) is 3.93. The molecule has 0 saturated heterocycles. The molecule has 0 bridgehead atoms. The van der Waals surface area contributed by atoms with E-state index >= 15 is 0 Å². The molecule has 1 aliphatic carbocycles. The summed E-state index contributed by atoms with van der Waals surface area (Å²) in [6.07, 6.45) is 3.40. The first kappa shape index (κ1) is 12.8. The first-order chi connectivity index (χ1) is 9.27. The van der Waals surface area contributed by atoms with Gasteiger partial charge in [-0.3, -0.25) is 0 Å². The average molecular weight is 274 g/mol. The van der Waals surface area contributed by atoms with Gasteiger partial charge >= 0.3 is 0 Å². The van der Waals surface area contributed by atoms with E-state index in [0.717, 1.165) is 34.7 Å². The van der Waals surface area contributed by atoms with Crippen molar-refractivity contribution < 1.29 is 4.74 Å². The smallest absolute Gasteiger partial charge is 0.125 e. The van der Waals surface area contributed by atoms with Crippen molar-refractivity contribution in [1.29, 1.82) is 0 Å². The zero-order chi connectivity index (χ0) is 13.3. The molecule has 4 heteroatoms. The Labute approximate surface area is 117 Å². The van der Waals surface area contributed by atoms with E-state index in [4.69, 9.17) is 15.5 Å². The highest BCUT2D eigenvalue weighted by Gasteiger charge is 2.41. The van der Waals surface area contributed by atoms with Crippen LogP contribution in [0.3, 0.4) is 0 Å². The molecular weight excluding hydrogens is 256 g/mol. The molecule has 19 heavy (non-hydrogen) atoms. The number of methoxy groups -OCH3 is 1. The zero-order valence-corrected chi connectivity index (χ0v) is 11.9. The van der Waals surface area contributed by atoms with Gasteiger partial charge < -0.3 is 10.5 Å². The molecule has 2 N–H and O–H groups in total. The summed E-state index contributed by atoms with van der Waals surface area (Å²) >= 11 is 1.70. The molecule has 1 saturated carbocycles. The number of hydrogen-bond donors (Lipinski definition) is 1. The minimum atomic E-state index is -0.111. The molecule has 1 aromatic heterocycles. The molecule has 3 rings (SSSR count). The van der Waals surface area contributed by atoms with E-state index in [0.29, 0.717) is 6.54 Å². The fourth-order valence-corrected chi connectivity index (χ4v) is 3.50. The Balaban J connectivity index is 1.88. The van der Waals surface area contributed by atoms with Gasteiger partial charge in [-0.1, -0.05) is 24.3 Å². The van der Waals surface area contributed by atoms with Crippen LogP contribution in [0.15, 0.2) is 29.6 Å². The van der Waals surface area contributed by atoms with Crippen molar-refractivity contribution in [2.45, 2.75) is 31.4 Å². The summed E-state index contributed by atoms with van der Waals surface area (Å²) in [7, 11) is 1.79. The van der Waals surface area contributed by atoms with Gasteiger partial charge in [0.25, 0.3) is 0 Å². The molecule has 3 nitrogen and oxygen atoms in total. The van der Waals surface area contributed by atoms with Gasteiger partial charge in [0.2, 0.25) is 0 Å². The molecule has 2 aromatic rings. The standard InChI is InChI=1S/C15H18N2OS/c1-18-15(7-2-8-15)14-17-13(10-19-14)12-5-3-11(9-16)4-6-12/h3-6,10H,2,7-9,16H2,1H3. The summed E-state index contributed by atoms with van der Waals surface area (Å²) in [5, 5.41) is 3.23. The van der Waals surface area contributed by atoms with Gasteiger partial charge in [0, 0.05) is 24.6 Å². The van der Waals surface area contributed by atoms with E-state index in [9.17, 15) is 0 Å². The Hall–Kier alpha value is -1.23. The normalized spacial score (nSPS) is 17.2. The first-order valence-corrected chi connectivity index (χ1v) is 7.46. The lowest BCUT2D eigenvalue weighted by molar-refractivity contribution is -0.0778. The van der Waals surface area contributed by atoms with Crippen molar-refractivity contribution in [2.24, 2.45) is 5.73 Å². The number of thiazole rings is 1. The van der Waals surface area contributed by atoms with Gasteiger partial charge in [-0.05, 0) is 24.8 Å². The number of benzene rings is 1. The minimum Gasteiger partial charge on any atom is -0.371 e. The van der Waals surface area contributed by atoms with Crippen molar-refractivity contribution in [3.05, 3.63) is 40.2 Å². The third kappa shape index (κ3) is 2.20. The molecule has 0 atom stereocenters. The van der Waals surface area contributed by atoms with Crippen molar-refractivity contribution >= 4 is 11.3 Å². The lowest BCUT2D eigenvalue weighted by Crippen LogP contribution is -2.35. The summed E-state index contributed by atoms with van der Waals surface area (Å²) < 4.78 is 5.68. The molecule has 1 fully saturated rings. The molecule has 1 aromatic carbocycles. The van der Waals surface area contributed by atoms with Gasteiger partial charge in [-0.25, -0.2) is 4.98 Å². The Morgan fingerprint density at radius 3 is 2.58 bits per heavy atom. The topological polar surface area (TPSA) is 48.1 Å². The predicted molar refractivity (Wildman–Crippen MR) is 78.0 cm³/mol. The van der Waals surface area contributed by atoms with Crippen LogP contribution in [0, 0.1) is 0 Å². The number of hydrogen-bond acceptors (Lipinski definition) is 4. The summed E-state index contributed by atoms with van der Waals surface area (Å²) in [5.74, 6) is 0. The summed E-state index contributed by atoms with van der Waals surface area (Å²) in [5.41, 5.74) is 8.83. The van der Waals surface area contributed by atoms with E-state index < -0.39 is 0 Å². The van der Waals surface area contributed by atoms with Crippen LogP contribution in [0.1, 0.15) is 29.8 Å².